The summed E-state index contributed by atoms with van der Waals surface area (Å²) in [6.07, 6.45) is -4.09. The summed E-state index contributed by atoms with van der Waals surface area (Å²) in [6, 6.07) is 20.8. The van der Waals surface area contributed by atoms with Gasteiger partial charge in [-0.05, 0) is 19.4 Å². The van der Waals surface area contributed by atoms with Gasteiger partial charge in [0.15, 0.2) is 18.1 Å². The van der Waals surface area contributed by atoms with E-state index in [0.717, 1.165) is 11.1 Å². The fraction of sp³-hybridized carbons (Fsp3) is 0.250. The highest BCUT2D eigenvalue weighted by atomic mass is 19.4. The number of carbonyl (C=O) groups is 1. The van der Waals surface area contributed by atoms with Crippen molar-refractivity contribution in [3.8, 4) is 5.75 Å². The lowest BCUT2D eigenvalue weighted by molar-refractivity contribution is -0.153. The molecule has 2 aromatic carbocycles. The molecule has 0 aliphatic heterocycles. The monoisotopic (exact) mass is 509 g/mol. The summed E-state index contributed by atoms with van der Waals surface area (Å²) in [7, 11) is 1.55. The molecule has 0 aliphatic carbocycles. The summed E-state index contributed by atoms with van der Waals surface area (Å²) in [4.78, 5) is 22.3. The van der Waals surface area contributed by atoms with Crippen LogP contribution in [0.15, 0.2) is 71.7 Å². The van der Waals surface area contributed by atoms with Gasteiger partial charge in [-0.25, -0.2) is 14.8 Å². The predicted octanol–water partition coefficient (Wildman–Crippen LogP) is 6.42. The van der Waals surface area contributed by atoms with E-state index in [4.69, 9.17) is 14.5 Å². The van der Waals surface area contributed by atoms with Gasteiger partial charge in [0.25, 0.3) is 0 Å². The summed E-state index contributed by atoms with van der Waals surface area (Å²) in [6.45, 7) is 2.02. The van der Waals surface area contributed by atoms with E-state index in [1.54, 1.807) is 20.0 Å². The van der Waals surface area contributed by atoms with Crippen LogP contribution < -0.4 is 4.74 Å². The van der Waals surface area contributed by atoms with E-state index in [1.807, 2.05) is 67.6 Å². The first-order valence-corrected chi connectivity index (χ1v) is 11.8. The van der Waals surface area contributed by atoms with Gasteiger partial charge in [0.05, 0.1) is 29.1 Å². The predicted molar refractivity (Wildman–Crippen MR) is 136 cm³/mol. The van der Waals surface area contributed by atoms with Crippen LogP contribution in [0.25, 0.3) is 11.0 Å². The number of esters is 1. The Bertz CT molecular complexity index is 1390. The molecule has 0 amide bonds. The molecule has 192 valence electrons. The van der Waals surface area contributed by atoms with Gasteiger partial charge in [-0.2, -0.15) is 13.2 Å². The molecular weight excluding hydrogens is 483 g/mol. The van der Waals surface area contributed by atoms with Crippen molar-refractivity contribution in [2.75, 3.05) is 13.2 Å². The molecule has 0 radical (unpaired) electrons. The smallest absolute Gasteiger partial charge is 0.422 e. The summed E-state index contributed by atoms with van der Waals surface area (Å²) in [5, 5.41) is 0.242. The Morgan fingerprint density at radius 1 is 1.00 bits per heavy atom. The number of rotatable bonds is 8. The number of hydrogen-bond donors (Lipinski definition) is 0. The van der Waals surface area contributed by atoms with E-state index in [1.165, 1.54) is 4.57 Å². The van der Waals surface area contributed by atoms with Crippen molar-refractivity contribution in [2.45, 2.75) is 26.4 Å². The van der Waals surface area contributed by atoms with E-state index in [0.29, 0.717) is 29.2 Å². The maximum atomic E-state index is 13.1. The third kappa shape index (κ3) is 5.66. The third-order valence-electron chi connectivity index (χ3n) is 5.68. The van der Waals surface area contributed by atoms with Crippen LogP contribution in [0, 0.1) is 0 Å². The minimum absolute atomic E-state index is 0.0553. The number of alkyl halides is 3. The van der Waals surface area contributed by atoms with E-state index in [9.17, 15) is 18.0 Å². The Labute approximate surface area is 212 Å². The summed E-state index contributed by atoms with van der Waals surface area (Å²) < 4.78 is 50.9. The second-order valence-corrected chi connectivity index (χ2v) is 8.23. The molecule has 6 nitrogen and oxygen atoms in total. The first kappa shape index (κ1) is 25.9. The molecule has 0 unspecified atom stereocenters. The second-order valence-electron chi connectivity index (χ2n) is 8.23. The van der Waals surface area contributed by atoms with Crippen LogP contribution in [0.3, 0.4) is 0 Å². The minimum atomic E-state index is -4.60. The number of nitrogens with zero attached hydrogens (tertiary/aromatic N) is 3. The molecule has 0 atom stereocenters. The van der Waals surface area contributed by atoms with Crippen LogP contribution in [-0.2, 0) is 18.2 Å². The van der Waals surface area contributed by atoms with Crippen molar-refractivity contribution >= 4 is 28.4 Å². The number of hydrogen-bond acceptors (Lipinski definition) is 5. The Morgan fingerprint density at radius 2 is 1.59 bits per heavy atom. The number of aryl methyl sites for hydroxylation is 2. The molecule has 0 N–H and O–H groups in total. The standard InChI is InChI=1S/C28H26F3N3O3/c1-4-21-22(32-23(18-12-8-6-9-13-18)19-14-10-7-11-15-19)16-20-25(37-17-28(29,30)31)24(27(35)36-5-2)34(3)26(20)33-21/h6-16H,4-5,17H2,1-3H3. The maximum Gasteiger partial charge on any atom is 0.422 e. The zero-order valence-corrected chi connectivity index (χ0v) is 20.7. The summed E-state index contributed by atoms with van der Waals surface area (Å²) >= 11 is 0. The number of ether oxygens (including phenoxy) is 2. The fourth-order valence-electron chi connectivity index (χ4n) is 4.03. The second kappa shape index (κ2) is 10.9. The zero-order chi connectivity index (χ0) is 26.6. The SMILES string of the molecule is CCOC(=O)c1c(OCC(F)(F)F)c2cc(N=C(c3ccccc3)c3ccccc3)c(CC)nc2n1C. The summed E-state index contributed by atoms with van der Waals surface area (Å²) in [5.41, 5.74) is 3.66. The van der Waals surface area contributed by atoms with Crippen molar-refractivity contribution in [2.24, 2.45) is 12.0 Å². The Hall–Kier alpha value is -4.14. The van der Waals surface area contributed by atoms with Gasteiger partial charge in [0, 0.05) is 18.2 Å². The highest BCUT2D eigenvalue weighted by Crippen LogP contribution is 2.37. The molecule has 0 bridgehead atoms. The molecule has 2 aromatic heterocycles. The average molecular weight is 510 g/mol. The molecule has 4 aromatic rings. The van der Waals surface area contributed by atoms with Gasteiger partial charge in [-0.1, -0.05) is 67.6 Å². The number of fused-ring (bicyclic) bond motifs is 1. The number of halogens is 3. The minimum Gasteiger partial charge on any atom is -0.481 e. The number of aromatic nitrogens is 2. The first-order chi connectivity index (χ1) is 17.7. The van der Waals surface area contributed by atoms with Crippen molar-refractivity contribution < 1.29 is 27.4 Å². The van der Waals surface area contributed by atoms with Gasteiger partial charge in [0.2, 0.25) is 0 Å². The largest absolute Gasteiger partial charge is 0.481 e. The Morgan fingerprint density at radius 3 is 2.11 bits per heavy atom. The zero-order valence-electron chi connectivity index (χ0n) is 20.7. The normalized spacial score (nSPS) is 11.4. The molecule has 0 fully saturated rings. The van der Waals surface area contributed by atoms with Gasteiger partial charge in [0.1, 0.15) is 5.65 Å². The van der Waals surface area contributed by atoms with Crippen LogP contribution in [0.4, 0.5) is 18.9 Å². The number of benzene rings is 2. The van der Waals surface area contributed by atoms with Gasteiger partial charge in [-0.3, -0.25) is 0 Å². The summed E-state index contributed by atoms with van der Waals surface area (Å²) in [5.74, 6) is -1.03. The van der Waals surface area contributed by atoms with Crippen LogP contribution in [0.5, 0.6) is 5.75 Å². The highest BCUT2D eigenvalue weighted by molar-refractivity contribution is 6.14. The number of carbonyl (C=O) groups excluding carboxylic acids is 1. The molecule has 0 saturated carbocycles. The van der Waals surface area contributed by atoms with Crippen LogP contribution >= 0.6 is 0 Å². The van der Waals surface area contributed by atoms with E-state index >= 15 is 0 Å². The van der Waals surface area contributed by atoms with E-state index in [-0.39, 0.29) is 23.4 Å². The van der Waals surface area contributed by atoms with Crippen molar-refractivity contribution in [3.63, 3.8) is 0 Å². The highest BCUT2D eigenvalue weighted by Gasteiger charge is 2.32. The molecule has 0 aliphatic rings. The number of pyridine rings is 1. The molecule has 2 heterocycles. The van der Waals surface area contributed by atoms with E-state index < -0.39 is 18.8 Å². The van der Waals surface area contributed by atoms with Crippen LogP contribution in [-0.4, -0.2) is 40.6 Å². The lowest BCUT2D eigenvalue weighted by atomic mass is 10.0. The average Bonchev–Trinajstić information content (AvgIpc) is 3.16. The van der Waals surface area contributed by atoms with Crippen molar-refractivity contribution in [1.82, 2.24) is 9.55 Å². The third-order valence-corrected chi connectivity index (χ3v) is 5.68. The topological polar surface area (TPSA) is 65.7 Å². The fourth-order valence-corrected chi connectivity index (χ4v) is 4.03. The molecule has 4 rings (SSSR count). The Kier molecular flexibility index (Phi) is 7.61. The number of aliphatic imine (C=N–C) groups is 1. The maximum absolute atomic E-state index is 13.1. The molecule has 9 heteroatoms. The lowest BCUT2D eigenvalue weighted by Crippen LogP contribution is -2.20. The molecule has 0 spiro atoms. The molecular formula is C28H26F3N3O3. The van der Waals surface area contributed by atoms with Gasteiger partial charge in [-0.15, -0.1) is 0 Å². The van der Waals surface area contributed by atoms with E-state index in [2.05, 4.69) is 4.98 Å². The Balaban J connectivity index is 1.97. The first-order valence-electron chi connectivity index (χ1n) is 11.8. The van der Waals surface area contributed by atoms with Gasteiger partial charge < -0.3 is 14.0 Å². The molecule has 0 saturated heterocycles. The van der Waals surface area contributed by atoms with Crippen LogP contribution in [0.2, 0.25) is 0 Å². The van der Waals surface area contributed by atoms with Crippen molar-refractivity contribution in [1.29, 1.82) is 0 Å². The molecule has 37 heavy (non-hydrogen) atoms. The van der Waals surface area contributed by atoms with Crippen molar-refractivity contribution in [3.05, 3.63) is 89.2 Å². The quantitative estimate of drug-likeness (QED) is 0.203. The van der Waals surface area contributed by atoms with Crippen LogP contribution in [0.1, 0.15) is 41.2 Å². The lowest BCUT2D eigenvalue weighted by Gasteiger charge is -2.11. The van der Waals surface area contributed by atoms with Gasteiger partial charge >= 0.3 is 12.1 Å².